The van der Waals surface area contributed by atoms with E-state index in [-0.39, 0.29) is 0 Å². The summed E-state index contributed by atoms with van der Waals surface area (Å²) >= 11 is 0. The first-order valence-electron chi connectivity index (χ1n) is 7.21. The molecule has 1 aromatic carbocycles. The number of rotatable bonds is 5. The van der Waals surface area contributed by atoms with Crippen LogP contribution in [0, 0.1) is 5.92 Å². The van der Waals surface area contributed by atoms with Crippen molar-refractivity contribution in [2.45, 2.75) is 44.7 Å². The van der Waals surface area contributed by atoms with Gasteiger partial charge in [0.2, 0.25) is 5.91 Å². The Kier molecular flexibility index (Phi) is 3.45. The summed E-state index contributed by atoms with van der Waals surface area (Å²) in [5.41, 5.74) is 1.19. The van der Waals surface area contributed by atoms with Crippen LogP contribution in [0.1, 0.15) is 37.7 Å². The average Bonchev–Trinajstić information content (AvgIpc) is 3.18. The van der Waals surface area contributed by atoms with Crippen molar-refractivity contribution in [2.24, 2.45) is 5.92 Å². The quantitative estimate of drug-likeness (QED) is 0.813. The number of methoxy groups -OCH3 is 1. The van der Waals surface area contributed by atoms with Crippen molar-refractivity contribution in [1.29, 1.82) is 0 Å². The first kappa shape index (κ1) is 12.5. The average molecular weight is 259 g/mol. The molecule has 0 heterocycles. The van der Waals surface area contributed by atoms with E-state index in [1.165, 1.54) is 24.8 Å². The van der Waals surface area contributed by atoms with E-state index >= 15 is 0 Å². The molecule has 1 amide bonds. The van der Waals surface area contributed by atoms with E-state index in [9.17, 15) is 4.79 Å². The maximum absolute atomic E-state index is 12.4. The topological polar surface area (TPSA) is 29.5 Å². The summed E-state index contributed by atoms with van der Waals surface area (Å²) in [5.74, 6) is 1.55. The van der Waals surface area contributed by atoms with E-state index in [1.807, 2.05) is 12.1 Å². The van der Waals surface area contributed by atoms with E-state index in [0.717, 1.165) is 25.1 Å². The summed E-state index contributed by atoms with van der Waals surface area (Å²) in [6, 6.07) is 8.54. The van der Waals surface area contributed by atoms with Gasteiger partial charge in [0.15, 0.2) is 0 Å². The molecule has 0 aromatic heterocycles. The third-order valence-corrected chi connectivity index (χ3v) is 4.24. The van der Waals surface area contributed by atoms with Crippen LogP contribution in [0.2, 0.25) is 0 Å². The van der Waals surface area contributed by atoms with Crippen molar-refractivity contribution >= 4 is 5.91 Å². The Morgan fingerprint density at radius 1 is 1.21 bits per heavy atom. The molecule has 0 aliphatic heterocycles. The fourth-order valence-corrected chi connectivity index (χ4v) is 2.59. The van der Waals surface area contributed by atoms with Gasteiger partial charge in [-0.05, 0) is 43.4 Å². The molecular formula is C16H21NO2. The molecule has 0 bridgehead atoms. The lowest BCUT2D eigenvalue weighted by Gasteiger charge is -2.32. The first-order chi connectivity index (χ1) is 9.28. The summed E-state index contributed by atoms with van der Waals surface area (Å²) in [6.07, 6.45) is 5.75. The molecule has 0 radical (unpaired) electrons. The highest BCUT2D eigenvalue weighted by molar-refractivity contribution is 5.80. The molecule has 0 unspecified atom stereocenters. The van der Waals surface area contributed by atoms with Crippen LogP contribution in [0.25, 0.3) is 0 Å². The predicted molar refractivity (Wildman–Crippen MR) is 73.9 cm³/mol. The van der Waals surface area contributed by atoms with Gasteiger partial charge in [-0.25, -0.2) is 0 Å². The lowest BCUT2D eigenvalue weighted by molar-refractivity contribution is -0.139. The van der Waals surface area contributed by atoms with Crippen LogP contribution in [-0.2, 0) is 11.3 Å². The van der Waals surface area contributed by atoms with Gasteiger partial charge < -0.3 is 9.64 Å². The van der Waals surface area contributed by atoms with Crippen LogP contribution in [-0.4, -0.2) is 24.0 Å². The lowest BCUT2D eigenvalue weighted by atomic mass is 9.84. The van der Waals surface area contributed by atoms with Gasteiger partial charge in [-0.15, -0.1) is 0 Å². The van der Waals surface area contributed by atoms with Gasteiger partial charge in [-0.2, -0.15) is 0 Å². The normalized spacial score (nSPS) is 18.8. The Morgan fingerprint density at radius 2 is 1.89 bits per heavy atom. The van der Waals surface area contributed by atoms with Crippen molar-refractivity contribution in [3.05, 3.63) is 29.8 Å². The first-order valence-corrected chi connectivity index (χ1v) is 7.21. The van der Waals surface area contributed by atoms with Gasteiger partial charge in [-0.1, -0.05) is 18.6 Å². The maximum Gasteiger partial charge on any atom is 0.226 e. The number of hydrogen-bond acceptors (Lipinski definition) is 2. The minimum Gasteiger partial charge on any atom is -0.497 e. The second kappa shape index (κ2) is 5.24. The molecule has 2 aliphatic carbocycles. The highest BCUT2D eigenvalue weighted by atomic mass is 16.5. The molecule has 0 atom stereocenters. The van der Waals surface area contributed by atoms with Crippen molar-refractivity contribution < 1.29 is 9.53 Å². The van der Waals surface area contributed by atoms with Gasteiger partial charge >= 0.3 is 0 Å². The summed E-state index contributed by atoms with van der Waals surface area (Å²) in [5, 5.41) is 0. The van der Waals surface area contributed by atoms with Gasteiger partial charge in [0, 0.05) is 18.5 Å². The Morgan fingerprint density at radius 3 is 2.37 bits per heavy atom. The minimum atomic E-state index is 0.304. The SMILES string of the molecule is COc1ccc(CN(C(=O)C2CCC2)C2CC2)cc1. The smallest absolute Gasteiger partial charge is 0.226 e. The van der Waals surface area contributed by atoms with Crippen LogP contribution in [0.4, 0.5) is 0 Å². The third-order valence-electron chi connectivity index (χ3n) is 4.24. The Labute approximate surface area is 114 Å². The monoisotopic (exact) mass is 259 g/mol. The minimum absolute atomic E-state index is 0.304. The maximum atomic E-state index is 12.4. The zero-order valence-electron chi connectivity index (χ0n) is 11.5. The second-order valence-corrected chi connectivity index (χ2v) is 5.67. The highest BCUT2D eigenvalue weighted by Gasteiger charge is 2.37. The Hall–Kier alpha value is -1.51. The van der Waals surface area contributed by atoms with Gasteiger partial charge in [0.25, 0.3) is 0 Å². The van der Waals surface area contributed by atoms with E-state index in [0.29, 0.717) is 17.9 Å². The van der Waals surface area contributed by atoms with Crippen molar-refractivity contribution in [3.63, 3.8) is 0 Å². The standard InChI is InChI=1S/C16H21NO2/c1-19-15-9-5-12(6-10-15)11-17(14-7-8-14)16(18)13-3-2-4-13/h5-6,9-10,13-14H,2-4,7-8,11H2,1H3. The molecule has 2 fully saturated rings. The molecule has 102 valence electrons. The predicted octanol–water partition coefficient (Wildman–Crippen LogP) is 2.99. The molecule has 2 aliphatic rings. The van der Waals surface area contributed by atoms with E-state index in [2.05, 4.69) is 17.0 Å². The fourth-order valence-electron chi connectivity index (χ4n) is 2.59. The number of carbonyl (C=O) groups is 1. The number of amides is 1. The molecule has 0 spiro atoms. The molecule has 3 nitrogen and oxygen atoms in total. The lowest BCUT2D eigenvalue weighted by Crippen LogP contribution is -2.39. The number of nitrogens with zero attached hydrogens (tertiary/aromatic N) is 1. The summed E-state index contributed by atoms with van der Waals surface area (Å²) in [4.78, 5) is 14.5. The van der Waals surface area contributed by atoms with Crippen LogP contribution >= 0.6 is 0 Å². The largest absolute Gasteiger partial charge is 0.497 e. The van der Waals surface area contributed by atoms with Crippen LogP contribution in [0.15, 0.2) is 24.3 Å². The highest BCUT2D eigenvalue weighted by Crippen LogP contribution is 2.35. The summed E-state index contributed by atoms with van der Waals surface area (Å²) < 4.78 is 5.17. The number of carbonyl (C=O) groups excluding carboxylic acids is 1. The van der Waals surface area contributed by atoms with Crippen LogP contribution in [0.3, 0.4) is 0 Å². The third kappa shape index (κ3) is 2.75. The molecule has 1 aromatic rings. The Bertz CT molecular complexity index is 446. The molecule has 19 heavy (non-hydrogen) atoms. The van der Waals surface area contributed by atoms with E-state index in [1.54, 1.807) is 7.11 Å². The summed E-state index contributed by atoms with van der Waals surface area (Å²) in [6.45, 7) is 0.754. The number of ether oxygens (including phenoxy) is 1. The van der Waals surface area contributed by atoms with Crippen molar-refractivity contribution in [1.82, 2.24) is 4.90 Å². The van der Waals surface area contributed by atoms with Gasteiger partial charge in [0.05, 0.1) is 7.11 Å². The zero-order valence-corrected chi connectivity index (χ0v) is 11.5. The molecule has 0 saturated heterocycles. The molecule has 2 saturated carbocycles. The van der Waals surface area contributed by atoms with E-state index in [4.69, 9.17) is 4.74 Å². The van der Waals surface area contributed by atoms with Crippen molar-refractivity contribution in [2.75, 3.05) is 7.11 Å². The molecule has 0 N–H and O–H groups in total. The fraction of sp³-hybridized carbons (Fsp3) is 0.562. The number of hydrogen-bond donors (Lipinski definition) is 0. The number of benzene rings is 1. The molecule has 3 rings (SSSR count). The van der Waals surface area contributed by atoms with Gasteiger partial charge in [-0.3, -0.25) is 4.79 Å². The Balaban J connectivity index is 1.68. The van der Waals surface area contributed by atoms with Crippen LogP contribution in [0.5, 0.6) is 5.75 Å². The second-order valence-electron chi connectivity index (χ2n) is 5.67. The zero-order chi connectivity index (χ0) is 13.2. The molecule has 3 heteroatoms. The van der Waals surface area contributed by atoms with Gasteiger partial charge in [0.1, 0.15) is 5.75 Å². The van der Waals surface area contributed by atoms with E-state index < -0.39 is 0 Å². The summed E-state index contributed by atoms with van der Waals surface area (Å²) in [7, 11) is 1.67. The van der Waals surface area contributed by atoms with Crippen molar-refractivity contribution in [3.8, 4) is 5.75 Å². The molecular weight excluding hydrogens is 238 g/mol. The van der Waals surface area contributed by atoms with Crippen LogP contribution < -0.4 is 4.74 Å².